The molecular formula is C19H20FNO. The Hall–Kier alpha value is -2.16. The number of benzene rings is 2. The van der Waals surface area contributed by atoms with Gasteiger partial charge < -0.3 is 4.90 Å². The smallest absolute Gasteiger partial charge is 0.227 e. The molecule has 0 spiro atoms. The van der Waals surface area contributed by atoms with Crippen LogP contribution < -0.4 is 0 Å². The molecule has 1 atom stereocenters. The van der Waals surface area contributed by atoms with E-state index in [0.29, 0.717) is 0 Å². The second-order valence-corrected chi connectivity index (χ2v) is 5.88. The third-order valence-corrected chi connectivity index (χ3v) is 4.26. The van der Waals surface area contributed by atoms with Crippen molar-refractivity contribution in [3.63, 3.8) is 0 Å². The molecule has 3 heteroatoms. The van der Waals surface area contributed by atoms with Crippen LogP contribution in [0, 0.1) is 5.82 Å². The zero-order valence-electron chi connectivity index (χ0n) is 12.5. The van der Waals surface area contributed by atoms with Crippen LogP contribution in [0.25, 0.3) is 0 Å². The van der Waals surface area contributed by atoms with E-state index < -0.39 is 0 Å². The molecule has 2 aromatic rings. The van der Waals surface area contributed by atoms with Crippen LogP contribution in [0.15, 0.2) is 54.6 Å². The highest BCUT2D eigenvalue weighted by molar-refractivity contribution is 5.79. The molecule has 2 nitrogen and oxygen atoms in total. The van der Waals surface area contributed by atoms with E-state index in [4.69, 9.17) is 0 Å². The fourth-order valence-corrected chi connectivity index (χ4v) is 3.19. The fraction of sp³-hybridized carbons (Fsp3) is 0.316. The Morgan fingerprint density at radius 2 is 1.86 bits per heavy atom. The van der Waals surface area contributed by atoms with Gasteiger partial charge in [-0.25, -0.2) is 4.39 Å². The quantitative estimate of drug-likeness (QED) is 0.844. The first kappa shape index (κ1) is 14.8. The van der Waals surface area contributed by atoms with Crippen molar-refractivity contribution in [2.24, 2.45) is 0 Å². The van der Waals surface area contributed by atoms with Crippen molar-refractivity contribution in [1.29, 1.82) is 0 Å². The topological polar surface area (TPSA) is 20.3 Å². The van der Waals surface area contributed by atoms with E-state index >= 15 is 0 Å². The summed E-state index contributed by atoms with van der Waals surface area (Å²) in [5, 5.41) is 0. The van der Waals surface area contributed by atoms with Crippen LogP contribution in [-0.4, -0.2) is 23.4 Å². The van der Waals surface area contributed by atoms with Gasteiger partial charge >= 0.3 is 0 Å². The van der Waals surface area contributed by atoms with Crippen molar-refractivity contribution in [1.82, 2.24) is 4.90 Å². The number of likely N-dealkylation sites (tertiary alicyclic amines) is 1. The van der Waals surface area contributed by atoms with Gasteiger partial charge in [0, 0.05) is 12.6 Å². The zero-order valence-corrected chi connectivity index (χ0v) is 12.5. The van der Waals surface area contributed by atoms with Gasteiger partial charge in [0.05, 0.1) is 6.42 Å². The molecule has 0 radical (unpaired) electrons. The lowest BCUT2D eigenvalue weighted by molar-refractivity contribution is -0.131. The maximum atomic E-state index is 13.2. The SMILES string of the molecule is O=C(Cc1cccc(F)c1)N1CCCC1Cc1ccccc1. The summed E-state index contributed by atoms with van der Waals surface area (Å²) in [5.74, 6) is -0.184. The van der Waals surface area contributed by atoms with Gasteiger partial charge in [-0.15, -0.1) is 0 Å². The third-order valence-electron chi connectivity index (χ3n) is 4.26. The molecule has 1 unspecified atom stereocenters. The van der Waals surface area contributed by atoms with Crippen molar-refractivity contribution in [3.8, 4) is 0 Å². The minimum absolute atomic E-state index is 0.101. The summed E-state index contributed by atoms with van der Waals surface area (Å²) < 4.78 is 13.2. The molecule has 0 saturated carbocycles. The minimum atomic E-state index is -0.285. The number of carbonyl (C=O) groups is 1. The van der Waals surface area contributed by atoms with E-state index in [1.54, 1.807) is 6.07 Å². The maximum absolute atomic E-state index is 13.2. The number of halogens is 1. The van der Waals surface area contributed by atoms with Crippen LogP contribution in [0.5, 0.6) is 0 Å². The molecule has 1 saturated heterocycles. The highest BCUT2D eigenvalue weighted by Crippen LogP contribution is 2.22. The predicted octanol–water partition coefficient (Wildman–Crippen LogP) is 3.60. The molecule has 1 aliphatic heterocycles. The van der Waals surface area contributed by atoms with Gasteiger partial charge in [0.1, 0.15) is 5.82 Å². The molecule has 1 amide bonds. The van der Waals surface area contributed by atoms with Gasteiger partial charge in [0.2, 0.25) is 5.91 Å². The van der Waals surface area contributed by atoms with Gasteiger partial charge in [-0.2, -0.15) is 0 Å². The van der Waals surface area contributed by atoms with Crippen molar-refractivity contribution < 1.29 is 9.18 Å². The molecular weight excluding hydrogens is 277 g/mol. The fourth-order valence-electron chi connectivity index (χ4n) is 3.19. The maximum Gasteiger partial charge on any atom is 0.227 e. The molecule has 0 aromatic heterocycles. The van der Waals surface area contributed by atoms with Gasteiger partial charge in [-0.05, 0) is 42.5 Å². The van der Waals surface area contributed by atoms with Crippen molar-refractivity contribution in [3.05, 3.63) is 71.5 Å². The number of amides is 1. The minimum Gasteiger partial charge on any atom is -0.339 e. The van der Waals surface area contributed by atoms with Crippen LogP contribution in [0.3, 0.4) is 0 Å². The van der Waals surface area contributed by atoms with Crippen LogP contribution in [0.2, 0.25) is 0 Å². The number of hydrogen-bond acceptors (Lipinski definition) is 1. The molecule has 114 valence electrons. The number of nitrogens with zero attached hydrogens (tertiary/aromatic N) is 1. The Balaban J connectivity index is 1.66. The summed E-state index contributed by atoms with van der Waals surface area (Å²) in [6, 6.07) is 16.9. The van der Waals surface area contributed by atoms with Gasteiger partial charge in [-0.3, -0.25) is 4.79 Å². The Bertz CT molecular complexity index is 641. The van der Waals surface area contributed by atoms with Crippen molar-refractivity contribution in [2.45, 2.75) is 31.7 Å². The molecule has 0 aliphatic carbocycles. The largest absolute Gasteiger partial charge is 0.339 e. The highest BCUT2D eigenvalue weighted by atomic mass is 19.1. The number of carbonyl (C=O) groups excluding carboxylic acids is 1. The van der Waals surface area contributed by atoms with E-state index in [-0.39, 0.29) is 24.2 Å². The Labute approximate surface area is 130 Å². The molecule has 1 heterocycles. The summed E-state index contributed by atoms with van der Waals surface area (Å²) in [4.78, 5) is 14.5. The first-order chi connectivity index (χ1) is 10.7. The van der Waals surface area contributed by atoms with Gasteiger partial charge in [-0.1, -0.05) is 42.5 Å². The Morgan fingerprint density at radius 1 is 1.09 bits per heavy atom. The third kappa shape index (κ3) is 3.53. The highest BCUT2D eigenvalue weighted by Gasteiger charge is 2.28. The van der Waals surface area contributed by atoms with Crippen LogP contribution in [-0.2, 0) is 17.6 Å². The Morgan fingerprint density at radius 3 is 2.64 bits per heavy atom. The molecule has 0 N–H and O–H groups in total. The van der Waals surface area contributed by atoms with E-state index in [1.165, 1.54) is 17.7 Å². The second kappa shape index (κ2) is 6.73. The van der Waals surface area contributed by atoms with Gasteiger partial charge in [0.25, 0.3) is 0 Å². The van der Waals surface area contributed by atoms with Crippen molar-refractivity contribution >= 4 is 5.91 Å². The summed E-state index contributed by atoms with van der Waals surface area (Å²) in [6.45, 7) is 0.811. The summed E-state index contributed by atoms with van der Waals surface area (Å²) in [6.07, 6.45) is 3.27. The molecule has 2 aromatic carbocycles. The molecule has 1 aliphatic rings. The van der Waals surface area contributed by atoms with Crippen LogP contribution in [0.4, 0.5) is 4.39 Å². The van der Waals surface area contributed by atoms with E-state index in [0.717, 1.165) is 31.4 Å². The lowest BCUT2D eigenvalue weighted by Crippen LogP contribution is -2.37. The predicted molar refractivity (Wildman–Crippen MR) is 85.0 cm³/mol. The van der Waals surface area contributed by atoms with Gasteiger partial charge in [0.15, 0.2) is 0 Å². The number of hydrogen-bond donors (Lipinski definition) is 0. The average molecular weight is 297 g/mol. The summed E-state index contributed by atoms with van der Waals surface area (Å²) in [7, 11) is 0. The average Bonchev–Trinajstić information content (AvgIpc) is 2.96. The lowest BCUT2D eigenvalue weighted by atomic mass is 10.0. The normalized spacial score (nSPS) is 17.7. The van der Waals surface area contributed by atoms with Crippen LogP contribution in [0.1, 0.15) is 24.0 Å². The number of rotatable bonds is 4. The zero-order chi connectivity index (χ0) is 15.4. The van der Waals surface area contributed by atoms with Crippen LogP contribution >= 0.6 is 0 Å². The molecule has 22 heavy (non-hydrogen) atoms. The standard InChI is InChI=1S/C19H20FNO/c20-17-9-4-8-16(12-17)14-19(22)21-11-5-10-18(21)13-15-6-2-1-3-7-15/h1-4,6-9,12,18H,5,10-11,13-14H2. The summed E-state index contributed by atoms with van der Waals surface area (Å²) in [5.41, 5.74) is 2.01. The second-order valence-electron chi connectivity index (χ2n) is 5.88. The monoisotopic (exact) mass is 297 g/mol. The first-order valence-electron chi connectivity index (χ1n) is 7.80. The molecule has 0 bridgehead atoms. The van der Waals surface area contributed by atoms with Crippen molar-refractivity contribution in [2.75, 3.05) is 6.54 Å². The lowest BCUT2D eigenvalue weighted by Gasteiger charge is -2.25. The van der Waals surface area contributed by atoms with E-state index in [1.807, 2.05) is 29.2 Å². The molecule has 1 fully saturated rings. The summed E-state index contributed by atoms with van der Waals surface area (Å²) >= 11 is 0. The van der Waals surface area contributed by atoms with E-state index in [9.17, 15) is 9.18 Å². The first-order valence-corrected chi connectivity index (χ1v) is 7.80. The molecule has 3 rings (SSSR count). The van der Waals surface area contributed by atoms with E-state index in [2.05, 4.69) is 12.1 Å². The Kier molecular flexibility index (Phi) is 4.52.